The first-order chi connectivity index (χ1) is 8.28. The number of carboxylic acid groups (broad SMARTS) is 1. The van der Waals surface area contributed by atoms with Gasteiger partial charge in [-0.05, 0) is 31.4 Å². The molecule has 0 bridgehead atoms. The first-order valence-electron chi connectivity index (χ1n) is 6.06. The number of aliphatic carboxylic acids is 1. The highest BCUT2D eigenvalue weighted by Gasteiger charge is 2.14. The Labute approximate surface area is 107 Å². The maximum absolute atomic E-state index is 10.5. The lowest BCUT2D eigenvalue weighted by molar-refractivity contribution is -0.137. The largest absolute Gasteiger partial charge is 0.481 e. The Hall–Kier alpha value is -1.39. The summed E-state index contributed by atoms with van der Waals surface area (Å²) in [6.45, 7) is 3.53. The molecule has 4 heteroatoms. The lowest BCUT2D eigenvalue weighted by Gasteiger charge is -2.17. The van der Waals surface area contributed by atoms with Crippen LogP contribution < -0.4 is 5.73 Å². The van der Waals surface area contributed by atoms with E-state index in [1.54, 1.807) is 13.8 Å². The van der Waals surface area contributed by atoms with Gasteiger partial charge in [0.05, 0.1) is 5.60 Å². The van der Waals surface area contributed by atoms with Crippen LogP contribution in [0, 0.1) is 0 Å². The van der Waals surface area contributed by atoms with Gasteiger partial charge in [0.25, 0.3) is 0 Å². The number of rotatable bonds is 6. The summed E-state index contributed by atoms with van der Waals surface area (Å²) in [7, 11) is 0. The van der Waals surface area contributed by atoms with Crippen LogP contribution in [0.2, 0.25) is 0 Å². The molecule has 1 aromatic rings. The highest BCUT2D eigenvalue weighted by Crippen LogP contribution is 2.18. The Kier molecular flexibility index (Phi) is 4.87. The number of hydrogen-bond donors (Lipinski definition) is 3. The minimum Gasteiger partial charge on any atom is -0.481 e. The van der Waals surface area contributed by atoms with Gasteiger partial charge in [0.15, 0.2) is 0 Å². The van der Waals surface area contributed by atoms with Crippen molar-refractivity contribution < 1.29 is 15.0 Å². The van der Waals surface area contributed by atoms with Gasteiger partial charge in [-0.1, -0.05) is 24.3 Å². The van der Waals surface area contributed by atoms with Crippen LogP contribution in [0.4, 0.5) is 0 Å². The standard InChI is InChI=1S/C14H21NO3/c1-14(2,18)9-10-3-5-11(6-4-10)12(15)7-8-13(16)17/h3-6,12,18H,7-9,15H2,1-2H3,(H,16,17). The van der Waals surface area contributed by atoms with Gasteiger partial charge >= 0.3 is 5.97 Å². The molecular formula is C14H21NO3. The van der Waals surface area contributed by atoms with Gasteiger partial charge in [0, 0.05) is 18.9 Å². The van der Waals surface area contributed by atoms with E-state index in [4.69, 9.17) is 10.8 Å². The Morgan fingerprint density at radius 2 is 1.89 bits per heavy atom. The smallest absolute Gasteiger partial charge is 0.303 e. The van der Waals surface area contributed by atoms with Crippen molar-refractivity contribution in [3.05, 3.63) is 35.4 Å². The fourth-order valence-corrected chi connectivity index (χ4v) is 1.83. The van der Waals surface area contributed by atoms with Crippen molar-refractivity contribution in [1.29, 1.82) is 0 Å². The highest BCUT2D eigenvalue weighted by molar-refractivity contribution is 5.66. The molecule has 0 aliphatic heterocycles. The Bertz CT molecular complexity index is 392. The van der Waals surface area contributed by atoms with Gasteiger partial charge < -0.3 is 15.9 Å². The zero-order valence-corrected chi connectivity index (χ0v) is 10.9. The summed E-state index contributed by atoms with van der Waals surface area (Å²) in [6.07, 6.45) is 1.09. The van der Waals surface area contributed by atoms with Crippen molar-refractivity contribution in [2.45, 2.75) is 44.8 Å². The first-order valence-corrected chi connectivity index (χ1v) is 6.06. The summed E-state index contributed by atoms with van der Waals surface area (Å²) in [4.78, 5) is 10.5. The molecule has 1 rings (SSSR count). The lowest BCUT2D eigenvalue weighted by atomic mass is 9.96. The Morgan fingerprint density at radius 1 is 1.33 bits per heavy atom. The minimum atomic E-state index is -0.830. The van der Waals surface area contributed by atoms with Crippen LogP contribution in [0.25, 0.3) is 0 Å². The maximum Gasteiger partial charge on any atom is 0.303 e. The van der Waals surface area contributed by atoms with Crippen LogP contribution in [0.3, 0.4) is 0 Å². The summed E-state index contributed by atoms with van der Waals surface area (Å²) in [5, 5.41) is 18.3. The molecule has 1 aromatic carbocycles. The molecule has 4 N–H and O–H groups in total. The van der Waals surface area contributed by atoms with Crippen LogP contribution in [0.5, 0.6) is 0 Å². The van der Waals surface area contributed by atoms with Crippen LogP contribution in [0.1, 0.15) is 43.9 Å². The van der Waals surface area contributed by atoms with Gasteiger partial charge in [-0.3, -0.25) is 4.79 Å². The van der Waals surface area contributed by atoms with E-state index in [0.29, 0.717) is 12.8 Å². The highest BCUT2D eigenvalue weighted by atomic mass is 16.4. The average Bonchev–Trinajstić information content (AvgIpc) is 2.24. The number of aliphatic hydroxyl groups is 1. The Balaban J connectivity index is 2.62. The average molecular weight is 251 g/mol. The molecule has 0 heterocycles. The van der Waals surface area contributed by atoms with E-state index in [1.165, 1.54) is 0 Å². The third kappa shape index (κ3) is 5.29. The molecule has 0 saturated carbocycles. The predicted molar refractivity (Wildman–Crippen MR) is 70.2 cm³/mol. The van der Waals surface area contributed by atoms with Gasteiger partial charge in [-0.25, -0.2) is 0 Å². The molecule has 0 amide bonds. The van der Waals surface area contributed by atoms with Gasteiger partial charge in [0.1, 0.15) is 0 Å². The molecule has 0 spiro atoms. The molecule has 0 saturated heterocycles. The van der Waals surface area contributed by atoms with E-state index in [2.05, 4.69) is 0 Å². The van der Waals surface area contributed by atoms with Crippen LogP contribution >= 0.6 is 0 Å². The quantitative estimate of drug-likeness (QED) is 0.720. The SMILES string of the molecule is CC(C)(O)Cc1ccc(C(N)CCC(=O)O)cc1. The fourth-order valence-electron chi connectivity index (χ4n) is 1.83. The van der Waals surface area contributed by atoms with Crippen LogP contribution in [-0.4, -0.2) is 21.8 Å². The molecular weight excluding hydrogens is 230 g/mol. The van der Waals surface area contributed by atoms with E-state index in [1.807, 2.05) is 24.3 Å². The second-order valence-electron chi connectivity index (χ2n) is 5.27. The summed E-state index contributed by atoms with van der Waals surface area (Å²) in [5.74, 6) is -0.830. The zero-order valence-electron chi connectivity index (χ0n) is 10.9. The second kappa shape index (κ2) is 5.98. The summed E-state index contributed by atoms with van der Waals surface area (Å²) >= 11 is 0. The molecule has 0 aromatic heterocycles. The van der Waals surface area contributed by atoms with Crippen LogP contribution in [0.15, 0.2) is 24.3 Å². The maximum atomic E-state index is 10.5. The lowest BCUT2D eigenvalue weighted by Crippen LogP contribution is -2.21. The van der Waals surface area contributed by atoms with Crippen molar-refractivity contribution in [3.63, 3.8) is 0 Å². The monoisotopic (exact) mass is 251 g/mol. The zero-order chi connectivity index (χ0) is 13.8. The summed E-state index contributed by atoms with van der Waals surface area (Å²) in [5.41, 5.74) is 7.14. The molecule has 0 aliphatic carbocycles. The summed E-state index contributed by atoms with van der Waals surface area (Å²) in [6, 6.07) is 7.39. The molecule has 0 aliphatic rings. The molecule has 18 heavy (non-hydrogen) atoms. The van der Waals surface area contributed by atoms with Crippen molar-refractivity contribution in [3.8, 4) is 0 Å². The number of carbonyl (C=O) groups is 1. The number of nitrogens with two attached hydrogens (primary N) is 1. The summed E-state index contributed by atoms with van der Waals surface area (Å²) < 4.78 is 0. The third-order valence-electron chi connectivity index (χ3n) is 2.71. The van der Waals surface area contributed by atoms with Crippen molar-refractivity contribution in [1.82, 2.24) is 0 Å². The molecule has 4 nitrogen and oxygen atoms in total. The van der Waals surface area contributed by atoms with E-state index >= 15 is 0 Å². The molecule has 1 unspecified atom stereocenters. The van der Waals surface area contributed by atoms with Crippen molar-refractivity contribution >= 4 is 5.97 Å². The fraction of sp³-hybridized carbons (Fsp3) is 0.500. The normalized spacial score (nSPS) is 13.3. The minimum absolute atomic E-state index is 0.0760. The van der Waals surface area contributed by atoms with Gasteiger partial charge in [-0.15, -0.1) is 0 Å². The molecule has 1 atom stereocenters. The topological polar surface area (TPSA) is 83.5 Å². The van der Waals surface area contributed by atoms with Crippen molar-refractivity contribution in [2.75, 3.05) is 0 Å². The predicted octanol–water partition coefficient (Wildman–Crippen LogP) is 1.86. The van der Waals surface area contributed by atoms with Crippen molar-refractivity contribution in [2.24, 2.45) is 5.73 Å². The second-order valence-corrected chi connectivity index (χ2v) is 5.27. The molecule has 0 radical (unpaired) electrons. The van der Waals surface area contributed by atoms with Gasteiger partial charge in [-0.2, -0.15) is 0 Å². The molecule has 100 valence electrons. The van der Waals surface area contributed by atoms with E-state index < -0.39 is 11.6 Å². The number of carboxylic acids is 1. The Morgan fingerprint density at radius 3 is 2.33 bits per heavy atom. The number of benzene rings is 1. The van der Waals surface area contributed by atoms with Crippen LogP contribution in [-0.2, 0) is 11.2 Å². The third-order valence-corrected chi connectivity index (χ3v) is 2.71. The first kappa shape index (κ1) is 14.7. The van der Waals surface area contributed by atoms with E-state index in [-0.39, 0.29) is 12.5 Å². The van der Waals surface area contributed by atoms with E-state index in [0.717, 1.165) is 11.1 Å². The molecule has 0 fully saturated rings. The number of hydrogen-bond acceptors (Lipinski definition) is 3. The van der Waals surface area contributed by atoms with E-state index in [9.17, 15) is 9.90 Å². The van der Waals surface area contributed by atoms with Gasteiger partial charge in [0.2, 0.25) is 0 Å².